The lowest BCUT2D eigenvalue weighted by atomic mass is 10.1. The van der Waals surface area contributed by atoms with Gasteiger partial charge >= 0.3 is 0 Å². The van der Waals surface area contributed by atoms with Gasteiger partial charge in [0.2, 0.25) is 0 Å². The van der Waals surface area contributed by atoms with Gasteiger partial charge in [-0.1, -0.05) is 15.9 Å². The number of pyridine rings is 1. The van der Waals surface area contributed by atoms with Crippen molar-refractivity contribution in [1.82, 2.24) is 24.6 Å². The Labute approximate surface area is 194 Å². The number of benzene rings is 1. The van der Waals surface area contributed by atoms with Crippen LogP contribution in [-0.2, 0) is 13.1 Å². The van der Waals surface area contributed by atoms with Crippen LogP contribution in [0.2, 0.25) is 0 Å². The molecule has 0 aliphatic carbocycles. The lowest BCUT2D eigenvalue weighted by Crippen LogP contribution is -2.29. The van der Waals surface area contributed by atoms with Crippen LogP contribution in [0.15, 0.2) is 52.1 Å². The Morgan fingerprint density at radius 2 is 2.03 bits per heavy atom. The summed E-state index contributed by atoms with van der Waals surface area (Å²) in [5.41, 5.74) is 4.56. The average Bonchev–Trinajstić information content (AvgIpc) is 3.34. The maximum absolute atomic E-state index is 13.3. The zero-order valence-electron chi connectivity index (χ0n) is 18.6. The van der Waals surface area contributed by atoms with Gasteiger partial charge in [0, 0.05) is 52.3 Å². The number of aromatic nitrogens is 4. The number of H-pyrrole nitrogens is 1. The van der Waals surface area contributed by atoms with Gasteiger partial charge in [-0.2, -0.15) is 5.10 Å². The molecule has 7 nitrogen and oxygen atoms in total. The van der Waals surface area contributed by atoms with Gasteiger partial charge in [-0.3, -0.25) is 14.3 Å². The highest BCUT2D eigenvalue weighted by Crippen LogP contribution is 2.31. The molecule has 0 saturated carbocycles. The third-order valence-corrected chi connectivity index (χ3v) is 6.03. The van der Waals surface area contributed by atoms with Gasteiger partial charge in [0.1, 0.15) is 0 Å². The predicted molar refractivity (Wildman–Crippen MR) is 129 cm³/mol. The predicted octanol–water partition coefficient (Wildman–Crippen LogP) is 4.46. The summed E-state index contributed by atoms with van der Waals surface area (Å²) < 4.78 is 4.76. The molecule has 1 amide bonds. The summed E-state index contributed by atoms with van der Waals surface area (Å²) in [6.07, 6.45) is 5.62. The topological polar surface area (TPSA) is 84.7 Å². The Morgan fingerprint density at radius 3 is 2.72 bits per heavy atom. The Bertz CT molecular complexity index is 1350. The smallest absolute Gasteiger partial charge is 0.253 e. The molecule has 0 atom stereocenters. The molecule has 1 aromatic carbocycles. The first-order chi connectivity index (χ1) is 15.2. The number of aromatic amines is 1. The Kier molecular flexibility index (Phi) is 6.06. The van der Waals surface area contributed by atoms with E-state index < -0.39 is 0 Å². The third-order valence-electron chi connectivity index (χ3n) is 5.57. The molecule has 3 heterocycles. The number of nitrogens with zero attached hydrogens (tertiary/aromatic N) is 3. The van der Waals surface area contributed by atoms with Crippen LogP contribution in [0.25, 0.3) is 10.9 Å². The Balaban J connectivity index is 1.67. The lowest BCUT2D eigenvalue weighted by Gasteiger charge is -2.13. The minimum absolute atomic E-state index is 0.128. The zero-order valence-corrected chi connectivity index (χ0v) is 20.2. The highest BCUT2D eigenvalue weighted by atomic mass is 79.9. The van der Waals surface area contributed by atoms with Gasteiger partial charge < -0.3 is 14.9 Å². The maximum atomic E-state index is 13.3. The number of nitrogens with one attached hydrogen (secondary N) is 2. The molecule has 0 aliphatic heterocycles. The van der Waals surface area contributed by atoms with Gasteiger partial charge in [-0.15, -0.1) is 0 Å². The van der Waals surface area contributed by atoms with E-state index in [0.29, 0.717) is 17.7 Å². The van der Waals surface area contributed by atoms with Crippen molar-refractivity contribution < 1.29 is 4.79 Å². The van der Waals surface area contributed by atoms with Crippen LogP contribution in [-0.4, -0.2) is 25.2 Å². The van der Waals surface area contributed by atoms with Crippen LogP contribution >= 0.6 is 15.9 Å². The first kappa shape index (κ1) is 22.1. The zero-order chi connectivity index (χ0) is 23.0. The number of amides is 1. The van der Waals surface area contributed by atoms with Crippen molar-refractivity contribution in [2.45, 2.75) is 46.8 Å². The highest BCUT2D eigenvalue weighted by Gasteiger charge is 2.19. The van der Waals surface area contributed by atoms with E-state index in [2.05, 4.69) is 55.9 Å². The molecule has 8 heteroatoms. The van der Waals surface area contributed by atoms with Crippen LogP contribution in [0.1, 0.15) is 52.6 Å². The standard InChI is InChI=1S/C24H26BrN5O2/c1-14(2)30-12-15(3)22-19(9-18(25)10-21(22)30)23(31)26-11-20-17(8-16(4)28-24(20)32)13-29-7-5-6-27-29/h5-10,12,14H,11,13H2,1-4H3,(H,26,31)(H,28,32). The minimum Gasteiger partial charge on any atom is -0.348 e. The molecule has 3 aromatic heterocycles. The number of fused-ring (bicyclic) bond motifs is 1. The Morgan fingerprint density at radius 1 is 1.25 bits per heavy atom. The van der Waals surface area contributed by atoms with Gasteiger partial charge in [-0.05, 0) is 63.1 Å². The van der Waals surface area contributed by atoms with E-state index >= 15 is 0 Å². The van der Waals surface area contributed by atoms with Gasteiger partial charge in [0.25, 0.3) is 11.5 Å². The van der Waals surface area contributed by atoms with Crippen molar-refractivity contribution in [1.29, 1.82) is 0 Å². The van der Waals surface area contributed by atoms with E-state index in [9.17, 15) is 9.59 Å². The van der Waals surface area contributed by atoms with Gasteiger partial charge in [0.15, 0.2) is 0 Å². The molecule has 0 fully saturated rings. The molecule has 32 heavy (non-hydrogen) atoms. The first-order valence-corrected chi connectivity index (χ1v) is 11.3. The van der Waals surface area contributed by atoms with Crippen molar-refractivity contribution in [2.24, 2.45) is 0 Å². The summed E-state index contributed by atoms with van der Waals surface area (Å²) in [6, 6.07) is 7.90. The molecule has 0 bridgehead atoms. The summed E-state index contributed by atoms with van der Waals surface area (Å²) in [4.78, 5) is 28.8. The van der Waals surface area contributed by atoms with Crippen molar-refractivity contribution in [2.75, 3.05) is 0 Å². The van der Waals surface area contributed by atoms with Crippen LogP contribution in [0.4, 0.5) is 0 Å². The van der Waals surface area contributed by atoms with E-state index in [1.54, 1.807) is 10.9 Å². The number of hydrogen-bond donors (Lipinski definition) is 2. The van der Waals surface area contributed by atoms with Crippen molar-refractivity contribution in [3.05, 3.63) is 85.6 Å². The second-order valence-corrected chi connectivity index (χ2v) is 9.25. The van der Waals surface area contributed by atoms with Crippen molar-refractivity contribution in [3.8, 4) is 0 Å². The van der Waals surface area contributed by atoms with E-state index in [1.165, 1.54) is 0 Å². The third kappa shape index (κ3) is 4.27. The first-order valence-electron chi connectivity index (χ1n) is 10.5. The molecule has 0 spiro atoms. The molecular weight excluding hydrogens is 470 g/mol. The number of carbonyl (C=O) groups is 1. The normalized spacial score (nSPS) is 11.4. The largest absolute Gasteiger partial charge is 0.348 e. The molecule has 0 saturated heterocycles. The lowest BCUT2D eigenvalue weighted by molar-refractivity contribution is 0.0952. The van der Waals surface area contributed by atoms with Crippen LogP contribution in [0.3, 0.4) is 0 Å². The fourth-order valence-electron chi connectivity index (χ4n) is 4.11. The summed E-state index contributed by atoms with van der Waals surface area (Å²) in [5, 5.41) is 8.12. The molecule has 4 aromatic rings. The van der Waals surface area contributed by atoms with E-state index in [4.69, 9.17) is 0 Å². The maximum Gasteiger partial charge on any atom is 0.253 e. The average molecular weight is 496 g/mol. The molecule has 0 unspecified atom stereocenters. The number of hydrogen-bond acceptors (Lipinski definition) is 3. The van der Waals surface area contributed by atoms with Gasteiger partial charge in [-0.25, -0.2) is 0 Å². The van der Waals surface area contributed by atoms with E-state index in [1.807, 2.05) is 44.3 Å². The Hall–Kier alpha value is -3.13. The minimum atomic E-state index is -0.217. The number of rotatable bonds is 6. The monoisotopic (exact) mass is 495 g/mol. The summed E-state index contributed by atoms with van der Waals surface area (Å²) in [7, 11) is 0. The number of carbonyl (C=O) groups excluding carboxylic acids is 1. The number of halogens is 1. The summed E-state index contributed by atoms with van der Waals surface area (Å²) in [5.74, 6) is -0.217. The molecule has 2 N–H and O–H groups in total. The van der Waals surface area contributed by atoms with Crippen LogP contribution in [0.5, 0.6) is 0 Å². The molecule has 166 valence electrons. The molecular formula is C24H26BrN5O2. The van der Waals surface area contributed by atoms with E-state index in [0.717, 1.165) is 32.2 Å². The SMILES string of the molecule is Cc1cc(Cn2cccn2)c(CNC(=O)c2cc(Br)cc3c2c(C)cn3C(C)C)c(=O)[nH]1. The summed E-state index contributed by atoms with van der Waals surface area (Å²) in [6.45, 7) is 8.67. The van der Waals surface area contributed by atoms with Crippen molar-refractivity contribution in [3.63, 3.8) is 0 Å². The van der Waals surface area contributed by atoms with Crippen LogP contribution in [0, 0.1) is 13.8 Å². The highest BCUT2D eigenvalue weighted by molar-refractivity contribution is 9.10. The quantitative estimate of drug-likeness (QED) is 0.413. The van der Waals surface area contributed by atoms with Crippen molar-refractivity contribution >= 4 is 32.7 Å². The number of aryl methyl sites for hydroxylation is 2. The fourth-order valence-corrected chi connectivity index (χ4v) is 4.56. The molecule has 0 radical (unpaired) electrons. The fraction of sp³-hybridized carbons (Fsp3) is 0.292. The van der Waals surface area contributed by atoms with E-state index in [-0.39, 0.29) is 24.1 Å². The summed E-state index contributed by atoms with van der Waals surface area (Å²) >= 11 is 3.55. The van der Waals surface area contributed by atoms with Crippen LogP contribution < -0.4 is 10.9 Å². The van der Waals surface area contributed by atoms with Gasteiger partial charge in [0.05, 0.1) is 17.6 Å². The molecule has 4 rings (SSSR count). The second-order valence-electron chi connectivity index (χ2n) is 8.33. The second kappa shape index (κ2) is 8.78. The molecule has 0 aliphatic rings.